The molecule has 6 atom stereocenters. The normalized spacial score (nSPS) is 23.1. The summed E-state index contributed by atoms with van der Waals surface area (Å²) in [5.74, 6) is -3.01. The average molecular weight is 684 g/mol. The topological polar surface area (TPSA) is 163 Å². The summed E-state index contributed by atoms with van der Waals surface area (Å²) in [6, 6.07) is 6.20. The number of hydrogen-bond donors (Lipinski definition) is 4. The summed E-state index contributed by atoms with van der Waals surface area (Å²) in [7, 11) is 0. The van der Waals surface area contributed by atoms with Crippen molar-refractivity contribution in [2.24, 2.45) is 22.7 Å². The van der Waals surface area contributed by atoms with E-state index >= 15 is 0 Å². The first kappa shape index (κ1) is 39.5. The molecule has 12 heteroatoms. The standard InChI is InChI=1S/C37H57N5O7/c1-9-14-26(30(44)33(46)39-21-29(43)38-20-25-16-11-10-12-17-25)40-32(45)27-19-37(7,8)24(3)22-42(27)34(47)31(36(4,5)6)41-35(48)49-28-18-13-15-23(28)2/h10-12,16-17,23-24,26-28,31H,9,13-15,18-22H2,1-8H3,(H,38,43)(H,39,46)(H,40,45)(H,41,48)/t23?,24?,26?,27-,28?,31+/m0/s1. The smallest absolute Gasteiger partial charge is 0.408 e. The molecule has 2 fully saturated rings. The molecule has 0 spiro atoms. The van der Waals surface area contributed by atoms with E-state index < -0.39 is 65.6 Å². The minimum atomic E-state index is -1.15. The maximum absolute atomic E-state index is 14.3. The highest BCUT2D eigenvalue weighted by atomic mass is 16.6. The monoisotopic (exact) mass is 683 g/mol. The number of alkyl carbamates (subject to hydrolysis) is 1. The average Bonchev–Trinajstić information content (AvgIpc) is 3.44. The van der Waals surface area contributed by atoms with Crippen molar-refractivity contribution in [3.05, 3.63) is 35.9 Å². The number of benzene rings is 1. The van der Waals surface area contributed by atoms with Crippen LogP contribution in [0.4, 0.5) is 4.79 Å². The molecule has 49 heavy (non-hydrogen) atoms. The van der Waals surface area contributed by atoms with Crippen molar-refractivity contribution in [1.29, 1.82) is 0 Å². The molecule has 0 aromatic heterocycles. The van der Waals surface area contributed by atoms with E-state index in [1.807, 2.05) is 85.7 Å². The lowest BCUT2D eigenvalue weighted by atomic mass is 9.71. The van der Waals surface area contributed by atoms with Gasteiger partial charge in [-0.05, 0) is 60.3 Å². The molecule has 3 rings (SSSR count). The molecular formula is C37H57N5O7. The summed E-state index contributed by atoms with van der Waals surface area (Å²) in [6.45, 7) is 15.6. The second kappa shape index (κ2) is 17.1. The molecule has 1 aliphatic carbocycles. The van der Waals surface area contributed by atoms with Crippen LogP contribution in [0.5, 0.6) is 0 Å². The second-order valence-corrected chi connectivity index (χ2v) is 15.6. The van der Waals surface area contributed by atoms with Gasteiger partial charge >= 0.3 is 6.09 Å². The van der Waals surface area contributed by atoms with Crippen molar-refractivity contribution in [3.8, 4) is 0 Å². The molecule has 4 N–H and O–H groups in total. The van der Waals surface area contributed by atoms with Crippen molar-refractivity contribution < 1.29 is 33.5 Å². The summed E-state index contributed by atoms with van der Waals surface area (Å²) in [4.78, 5) is 81.3. The van der Waals surface area contributed by atoms with E-state index in [1.165, 1.54) is 4.90 Å². The third-order valence-corrected chi connectivity index (χ3v) is 10.1. The maximum atomic E-state index is 14.3. The van der Waals surface area contributed by atoms with Crippen LogP contribution in [0.25, 0.3) is 0 Å². The van der Waals surface area contributed by atoms with E-state index in [4.69, 9.17) is 4.74 Å². The zero-order valence-electron chi connectivity index (χ0n) is 30.5. The number of carbonyl (C=O) groups is 6. The number of likely N-dealkylation sites (tertiary alicyclic amines) is 1. The minimum absolute atomic E-state index is 0.0271. The molecule has 1 aromatic carbocycles. The van der Waals surface area contributed by atoms with Gasteiger partial charge in [-0.15, -0.1) is 0 Å². The number of amides is 5. The number of nitrogens with zero attached hydrogens (tertiary/aromatic N) is 1. The number of ether oxygens (including phenoxy) is 1. The number of piperidine rings is 1. The zero-order valence-corrected chi connectivity index (χ0v) is 30.5. The van der Waals surface area contributed by atoms with Crippen molar-refractivity contribution in [2.75, 3.05) is 13.1 Å². The fourth-order valence-corrected chi connectivity index (χ4v) is 6.44. The van der Waals surface area contributed by atoms with Crippen LogP contribution in [0.1, 0.15) is 99.5 Å². The summed E-state index contributed by atoms with van der Waals surface area (Å²) in [6.07, 6.45) is 2.86. The quantitative estimate of drug-likeness (QED) is 0.230. The molecule has 4 unspecified atom stereocenters. The summed E-state index contributed by atoms with van der Waals surface area (Å²) in [5, 5.41) is 10.6. The van der Waals surface area contributed by atoms with Crippen LogP contribution in [-0.2, 0) is 35.3 Å². The van der Waals surface area contributed by atoms with Gasteiger partial charge in [0.2, 0.25) is 23.5 Å². The SMILES string of the molecule is CCCC(NC(=O)[C@@H]1CC(C)(C)C(C)CN1C(=O)[C@@H](NC(=O)OC1CCCC1C)C(C)(C)C)C(=O)C(=O)NCC(=O)NCc1ccccc1. The number of hydrogen-bond acceptors (Lipinski definition) is 7. The maximum Gasteiger partial charge on any atom is 0.408 e. The van der Waals surface area contributed by atoms with Crippen molar-refractivity contribution >= 4 is 35.5 Å². The van der Waals surface area contributed by atoms with Crippen LogP contribution in [0.3, 0.4) is 0 Å². The third-order valence-electron chi connectivity index (χ3n) is 10.1. The Morgan fingerprint density at radius 1 is 0.980 bits per heavy atom. The largest absolute Gasteiger partial charge is 0.446 e. The predicted octanol–water partition coefficient (Wildman–Crippen LogP) is 3.87. The molecule has 5 amide bonds. The van der Waals surface area contributed by atoms with Crippen molar-refractivity contribution in [1.82, 2.24) is 26.2 Å². The molecule has 12 nitrogen and oxygen atoms in total. The van der Waals surface area contributed by atoms with Gasteiger partial charge in [0, 0.05) is 13.1 Å². The summed E-state index contributed by atoms with van der Waals surface area (Å²) >= 11 is 0. The second-order valence-electron chi connectivity index (χ2n) is 15.6. The zero-order chi connectivity index (χ0) is 36.5. The van der Waals surface area contributed by atoms with Crippen LogP contribution in [0.15, 0.2) is 30.3 Å². The van der Waals surface area contributed by atoms with Crippen molar-refractivity contribution in [2.45, 2.75) is 125 Å². The number of ketones is 1. The predicted molar refractivity (Wildman–Crippen MR) is 186 cm³/mol. The molecular weight excluding hydrogens is 626 g/mol. The third kappa shape index (κ3) is 11.0. The first-order valence-corrected chi connectivity index (χ1v) is 17.6. The van der Waals surface area contributed by atoms with Gasteiger partial charge in [-0.25, -0.2) is 4.79 Å². The van der Waals surface area contributed by atoms with Crippen molar-refractivity contribution in [3.63, 3.8) is 0 Å². The first-order valence-electron chi connectivity index (χ1n) is 17.6. The lowest BCUT2D eigenvalue weighted by Gasteiger charge is -2.48. The summed E-state index contributed by atoms with van der Waals surface area (Å²) in [5.41, 5.74) is -0.142. The highest BCUT2D eigenvalue weighted by Gasteiger charge is 2.48. The van der Waals surface area contributed by atoms with Gasteiger partial charge in [-0.1, -0.05) is 92.1 Å². The van der Waals surface area contributed by atoms with E-state index in [1.54, 1.807) is 0 Å². The number of nitrogens with one attached hydrogen (secondary N) is 4. The van der Waals surface area contributed by atoms with Crippen LogP contribution < -0.4 is 21.3 Å². The lowest BCUT2D eigenvalue weighted by Crippen LogP contribution is -2.64. The Kier molecular flexibility index (Phi) is 13.8. The van der Waals surface area contributed by atoms with Gasteiger partial charge in [0.1, 0.15) is 18.2 Å². The fourth-order valence-electron chi connectivity index (χ4n) is 6.44. The van der Waals surface area contributed by atoms with Gasteiger partial charge in [0.05, 0.1) is 12.6 Å². The van der Waals surface area contributed by atoms with Crippen LogP contribution in [0, 0.1) is 22.7 Å². The molecule has 1 saturated heterocycles. The van der Waals surface area contributed by atoms with E-state index in [2.05, 4.69) is 21.3 Å². The highest BCUT2D eigenvalue weighted by Crippen LogP contribution is 2.39. The van der Waals surface area contributed by atoms with Crippen LogP contribution in [-0.4, -0.2) is 77.7 Å². The Morgan fingerprint density at radius 3 is 2.24 bits per heavy atom. The van der Waals surface area contributed by atoms with E-state index in [-0.39, 0.29) is 42.9 Å². The molecule has 0 radical (unpaired) electrons. The van der Waals surface area contributed by atoms with E-state index in [0.29, 0.717) is 12.8 Å². The van der Waals surface area contributed by atoms with Gasteiger partial charge in [-0.3, -0.25) is 24.0 Å². The Morgan fingerprint density at radius 2 is 1.65 bits per heavy atom. The Hall–Kier alpha value is -3.96. The van der Waals surface area contributed by atoms with Crippen LogP contribution in [0.2, 0.25) is 0 Å². The molecule has 0 bridgehead atoms. The van der Waals surface area contributed by atoms with E-state index in [9.17, 15) is 28.8 Å². The van der Waals surface area contributed by atoms with Crippen LogP contribution >= 0.6 is 0 Å². The molecule has 1 aromatic rings. The van der Waals surface area contributed by atoms with Gasteiger partial charge < -0.3 is 30.9 Å². The number of Topliss-reactive ketones (excluding diaryl/α,β-unsaturated/α-hetero) is 1. The highest BCUT2D eigenvalue weighted by molar-refractivity contribution is 6.38. The van der Waals surface area contributed by atoms with Gasteiger partial charge in [0.15, 0.2) is 0 Å². The van der Waals surface area contributed by atoms with E-state index in [0.717, 1.165) is 24.8 Å². The minimum Gasteiger partial charge on any atom is -0.446 e. The lowest BCUT2D eigenvalue weighted by molar-refractivity contribution is -0.151. The number of rotatable bonds is 13. The summed E-state index contributed by atoms with van der Waals surface area (Å²) < 4.78 is 5.71. The van der Waals surface area contributed by atoms with Gasteiger partial charge in [-0.2, -0.15) is 0 Å². The molecule has 1 aliphatic heterocycles. The molecule has 2 aliphatic rings. The fraction of sp³-hybridized carbons (Fsp3) is 0.676. The number of carbonyl (C=O) groups excluding carboxylic acids is 6. The Labute approximate surface area is 291 Å². The molecule has 1 saturated carbocycles. The van der Waals surface area contributed by atoms with Gasteiger partial charge in [0.25, 0.3) is 5.91 Å². The molecule has 272 valence electrons. The Balaban J connectivity index is 1.72. The first-order chi connectivity index (χ1) is 22.9. The molecule has 1 heterocycles. The Bertz CT molecular complexity index is 1340.